The van der Waals surface area contributed by atoms with Crippen molar-refractivity contribution in [1.29, 1.82) is 0 Å². The van der Waals surface area contributed by atoms with Crippen molar-refractivity contribution in [2.75, 3.05) is 12.4 Å². The first-order valence-corrected chi connectivity index (χ1v) is 8.16. The smallest absolute Gasteiger partial charge is 0.119 e. The second-order valence-corrected chi connectivity index (χ2v) is 6.14. The fraction of sp³-hybridized carbons (Fsp3) is 0.353. The van der Waals surface area contributed by atoms with Gasteiger partial charge in [0.25, 0.3) is 0 Å². The Morgan fingerprint density at radius 2 is 2.05 bits per heavy atom. The predicted octanol–water partition coefficient (Wildman–Crippen LogP) is 3.72. The summed E-state index contributed by atoms with van der Waals surface area (Å²) in [5, 5.41) is 1.10. The fourth-order valence-electron chi connectivity index (χ4n) is 2.07. The van der Waals surface area contributed by atoms with Crippen LogP contribution < -0.4 is 10.5 Å². The van der Waals surface area contributed by atoms with Crippen molar-refractivity contribution in [3.63, 3.8) is 0 Å². The van der Waals surface area contributed by atoms with Crippen molar-refractivity contribution in [3.05, 3.63) is 53.2 Å². The van der Waals surface area contributed by atoms with Gasteiger partial charge in [0.1, 0.15) is 5.75 Å². The number of aromatic nitrogens is 1. The minimum Gasteiger partial charge on any atom is -0.494 e. The Kier molecular flexibility index (Phi) is 6.08. The Balaban J connectivity index is 1.72. The lowest BCUT2D eigenvalue weighted by molar-refractivity contribution is 0.318. The number of thioether (sulfide) groups is 1. The molecule has 1 aromatic carbocycles. The molecule has 2 rings (SSSR count). The maximum absolute atomic E-state index is 5.74. The predicted molar refractivity (Wildman–Crippen MR) is 88.9 cm³/mol. The SMILES string of the molecule is Cc1cc(C)nc(SCCCOc2cccc(CN)c2)c1. The van der Waals surface area contributed by atoms with Gasteiger partial charge in [0.2, 0.25) is 0 Å². The Labute approximate surface area is 130 Å². The number of hydrogen-bond donors (Lipinski definition) is 1. The van der Waals surface area contributed by atoms with Gasteiger partial charge in [0.15, 0.2) is 0 Å². The van der Waals surface area contributed by atoms with Gasteiger partial charge in [-0.1, -0.05) is 12.1 Å². The van der Waals surface area contributed by atoms with E-state index in [1.165, 1.54) is 5.56 Å². The first-order valence-electron chi connectivity index (χ1n) is 7.17. The monoisotopic (exact) mass is 302 g/mol. The van der Waals surface area contributed by atoms with E-state index in [-0.39, 0.29) is 0 Å². The number of aryl methyl sites for hydroxylation is 2. The molecule has 0 fully saturated rings. The van der Waals surface area contributed by atoms with Crippen LogP contribution in [0.3, 0.4) is 0 Å². The van der Waals surface area contributed by atoms with Gasteiger partial charge in [0.05, 0.1) is 11.6 Å². The molecule has 0 bridgehead atoms. The first kappa shape index (κ1) is 15.9. The average molecular weight is 302 g/mol. The third kappa shape index (κ3) is 5.40. The molecule has 0 atom stereocenters. The molecule has 0 aliphatic heterocycles. The highest BCUT2D eigenvalue weighted by molar-refractivity contribution is 7.99. The summed E-state index contributed by atoms with van der Waals surface area (Å²) in [5.41, 5.74) is 9.06. The average Bonchev–Trinajstić information content (AvgIpc) is 2.46. The van der Waals surface area contributed by atoms with Crippen LogP contribution in [0.25, 0.3) is 0 Å². The van der Waals surface area contributed by atoms with E-state index in [4.69, 9.17) is 10.5 Å². The van der Waals surface area contributed by atoms with Crippen LogP contribution in [-0.4, -0.2) is 17.3 Å². The molecular formula is C17H22N2OS. The topological polar surface area (TPSA) is 48.1 Å². The lowest BCUT2D eigenvalue weighted by atomic mass is 10.2. The number of nitrogens with two attached hydrogens (primary N) is 1. The van der Waals surface area contributed by atoms with Gasteiger partial charge in [0, 0.05) is 18.0 Å². The zero-order valence-corrected chi connectivity index (χ0v) is 13.5. The van der Waals surface area contributed by atoms with Crippen LogP contribution in [0.1, 0.15) is 23.2 Å². The molecule has 0 unspecified atom stereocenters. The highest BCUT2D eigenvalue weighted by Gasteiger charge is 2.00. The molecule has 3 nitrogen and oxygen atoms in total. The lowest BCUT2D eigenvalue weighted by Crippen LogP contribution is -2.01. The van der Waals surface area contributed by atoms with Gasteiger partial charge < -0.3 is 10.5 Å². The maximum Gasteiger partial charge on any atom is 0.119 e. The van der Waals surface area contributed by atoms with Crippen LogP contribution in [0.4, 0.5) is 0 Å². The maximum atomic E-state index is 5.74. The molecule has 2 N–H and O–H groups in total. The summed E-state index contributed by atoms with van der Waals surface area (Å²) < 4.78 is 5.74. The second-order valence-electron chi connectivity index (χ2n) is 5.03. The second kappa shape index (κ2) is 8.05. The zero-order chi connectivity index (χ0) is 15.1. The van der Waals surface area contributed by atoms with Gasteiger partial charge in [-0.3, -0.25) is 0 Å². The number of rotatable bonds is 7. The van der Waals surface area contributed by atoms with E-state index in [1.54, 1.807) is 11.8 Å². The minimum atomic E-state index is 0.547. The summed E-state index contributed by atoms with van der Waals surface area (Å²) in [4.78, 5) is 4.52. The molecule has 21 heavy (non-hydrogen) atoms. The van der Waals surface area contributed by atoms with Crippen molar-refractivity contribution in [2.45, 2.75) is 31.8 Å². The summed E-state index contributed by atoms with van der Waals surface area (Å²) in [6.07, 6.45) is 0.992. The molecule has 0 saturated heterocycles. The van der Waals surface area contributed by atoms with E-state index < -0.39 is 0 Å². The Morgan fingerprint density at radius 1 is 1.19 bits per heavy atom. The fourth-order valence-corrected chi connectivity index (χ4v) is 3.02. The summed E-state index contributed by atoms with van der Waals surface area (Å²) in [7, 11) is 0. The first-order chi connectivity index (χ1) is 10.2. The molecule has 0 radical (unpaired) electrons. The quantitative estimate of drug-likeness (QED) is 0.625. The summed E-state index contributed by atoms with van der Waals surface area (Å²) >= 11 is 1.78. The molecular weight excluding hydrogens is 280 g/mol. The van der Waals surface area contributed by atoms with Crippen molar-refractivity contribution >= 4 is 11.8 Å². The van der Waals surface area contributed by atoms with Gasteiger partial charge >= 0.3 is 0 Å². The number of benzene rings is 1. The molecule has 2 aromatic rings. The van der Waals surface area contributed by atoms with Crippen LogP contribution in [0.5, 0.6) is 5.75 Å². The molecule has 0 aliphatic rings. The molecule has 4 heteroatoms. The van der Waals surface area contributed by atoms with E-state index >= 15 is 0 Å². The van der Waals surface area contributed by atoms with Crippen molar-refractivity contribution < 1.29 is 4.74 Å². The standard InChI is InChI=1S/C17H22N2OS/c1-13-9-14(2)19-17(10-13)21-8-4-7-20-16-6-3-5-15(11-16)12-18/h3,5-6,9-11H,4,7-8,12,18H2,1-2H3. The summed E-state index contributed by atoms with van der Waals surface area (Å²) in [6.45, 7) is 5.40. The molecule has 0 aliphatic carbocycles. The highest BCUT2D eigenvalue weighted by Crippen LogP contribution is 2.19. The Hall–Kier alpha value is -1.52. The zero-order valence-electron chi connectivity index (χ0n) is 12.6. The molecule has 0 amide bonds. The van der Waals surface area contributed by atoms with Crippen LogP contribution in [0, 0.1) is 13.8 Å². The van der Waals surface area contributed by atoms with E-state index in [2.05, 4.69) is 24.0 Å². The molecule has 0 spiro atoms. The van der Waals surface area contributed by atoms with Crippen LogP contribution >= 0.6 is 11.8 Å². The van der Waals surface area contributed by atoms with Crippen LogP contribution in [-0.2, 0) is 6.54 Å². The normalized spacial score (nSPS) is 10.6. The van der Waals surface area contributed by atoms with E-state index in [1.807, 2.05) is 31.2 Å². The van der Waals surface area contributed by atoms with E-state index in [9.17, 15) is 0 Å². The van der Waals surface area contributed by atoms with Crippen LogP contribution in [0.15, 0.2) is 41.4 Å². The van der Waals surface area contributed by atoms with Gasteiger partial charge in [-0.2, -0.15) is 0 Å². The third-order valence-corrected chi connectivity index (χ3v) is 4.01. The van der Waals surface area contributed by atoms with Crippen molar-refractivity contribution in [3.8, 4) is 5.75 Å². The van der Waals surface area contributed by atoms with Crippen molar-refractivity contribution in [2.24, 2.45) is 5.73 Å². The van der Waals surface area contributed by atoms with E-state index in [0.29, 0.717) is 13.2 Å². The van der Waals surface area contributed by atoms with Crippen LogP contribution in [0.2, 0.25) is 0 Å². The number of ether oxygens (including phenoxy) is 1. The highest BCUT2D eigenvalue weighted by atomic mass is 32.2. The summed E-state index contributed by atoms with van der Waals surface area (Å²) in [5.74, 6) is 1.90. The minimum absolute atomic E-state index is 0.547. The lowest BCUT2D eigenvalue weighted by Gasteiger charge is -2.07. The summed E-state index contributed by atoms with van der Waals surface area (Å²) in [6, 6.07) is 12.2. The number of hydrogen-bond acceptors (Lipinski definition) is 4. The number of nitrogens with zero attached hydrogens (tertiary/aromatic N) is 1. The molecule has 1 heterocycles. The van der Waals surface area contributed by atoms with Gasteiger partial charge in [-0.15, -0.1) is 11.8 Å². The largest absolute Gasteiger partial charge is 0.494 e. The number of pyridine rings is 1. The third-order valence-electron chi connectivity index (χ3n) is 3.02. The van der Waals surface area contributed by atoms with E-state index in [0.717, 1.165) is 34.2 Å². The van der Waals surface area contributed by atoms with Gasteiger partial charge in [-0.25, -0.2) is 4.98 Å². The molecule has 1 aromatic heterocycles. The van der Waals surface area contributed by atoms with Gasteiger partial charge in [-0.05, 0) is 55.7 Å². The van der Waals surface area contributed by atoms with Crippen molar-refractivity contribution in [1.82, 2.24) is 4.98 Å². The Morgan fingerprint density at radius 3 is 2.81 bits per heavy atom. The Bertz CT molecular complexity index is 567. The molecule has 0 saturated carbocycles. The molecule has 112 valence electrons.